The number of hydrogen-bond acceptors (Lipinski definition) is 7. The van der Waals surface area contributed by atoms with Crippen molar-refractivity contribution >= 4 is 35.0 Å². The Kier molecular flexibility index (Phi) is 8.11. The van der Waals surface area contributed by atoms with Gasteiger partial charge in [0.2, 0.25) is 5.75 Å². The second-order valence-corrected chi connectivity index (χ2v) is 7.58. The van der Waals surface area contributed by atoms with Crippen LogP contribution in [0, 0.1) is 0 Å². The summed E-state index contributed by atoms with van der Waals surface area (Å²) in [4.78, 5) is 28.8. The lowest BCUT2D eigenvalue weighted by atomic mass is 10.1. The molecule has 1 N–H and O–H groups in total. The minimum absolute atomic E-state index is 0.327. The van der Waals surface area contributed by atoms with Gasteiger partial charge in [0.15, 0.2) is 11.5 Å². The number of piperazine rings is 1. The Morgan fingerprint density at radius 1 is 1.00 bits per heavy atom. The van der Waals surface area contributed by atoms with Crippen LogP contribution < -0.4 is 24.4 Å². The number of anilines is 2. The number of nitrogens with zero attached hydrogens (tertiary/aromatic N) is 2. The fraction of sp³-hybridized carbons (Fsp3) is 0.391. The number of halogens is 1. The third kappa shape index (κ3) is 5.36. The summed E-state index contributed by atoms with van der Waals surface area (Å²) in [7, 11) is 4.48. The van der Waals surface area contributed by atoms with Gasteiger partial charge in [-0.3, -0.25) is 4.79 Å². The maximum absolute atomic E-state index is 13.1. The fourth-order valence-corrected chi connectivity index (χ4v) is 3.97. The standard InChI is InChI=1S/C23H28ClN3O6/c1-5-33-23(29)27-11-9-26(10-12-27)20-16(24)7-6-8-17(20)25-22(28)15-13-18(30-2)21(32-4)19(14-15)31-3/h6-8,13-14H,5,9-12H2,1-4H3,(H,25,28). The minimum Gasteiger partial charge on any atom is -0.493 e. The zero-order valence-electron chi connectivity index (χ0n) is 19.1. The van der Waals surface area contributed by atoms with Gasteiger partial charge in [-0.25, -0.2) is 4.79 Å². The molecule has 0 spiro atoms. The molecule has 9 nitrogen and oxygen atoms in total. The fourth-order valence-electron chi connectivity index (χ4n) is 3.67. The van der Waals surface area contributed by atoms with E-state index >= 15 is 0 Å². The number of carbonyl (C=O) groups is 2. The van der Waals surface area contributed by atoms with E-state index < -0.39 is 0 Å². The van der Waals surface area contributed by atoms with Gasteiger partial charge in [0.25, 0.3) is 5.91 Å². The highest BCUT2D eigenvalue weighted by Gasteiger charge is 2.26. The van der Waals surface area contributed by atoms with Crippen molar-refractivity contribution in [3.63, 3.8) is 0 Å². The number of amides is 2. The van der Waals surface area contributed by atoms with E-state index in [4.69, 9.17) is 30.5 Å². The molecule has 178 valence electrons. The highest BCUT2D eigenvalue weighted by molar-refractivity contribution is 6.34. The SMILES string of the molecule is CCOC(=O)N1CCN(c2c(Cl)cccc2NC(=O)c2cc(OC)c(OC)c(OC)c2)CC1. The Hall–Kier alpha value is -3.33. The molecule has 1 fully saturated rings. The predicted octanol–water partition coefficient (Wildman–Crippen LogP) is 3.90. The summed E-state index contributed by atoms with van der Waals surface area (Å²) in [5, 5.41) is 3.44. The first-order chi connectivity index (χ1) is 15.9. The topological polar surface area (TPSA) is 89.6 Å². The second-order valence-electron chi connectivity index (χ2n) is 7.18. The van der Waals surface area contributed by atoms with Gasteiger partial charge in [-0.15, -0.1) is 0 Å². The van der Waals surface area contributed by atoms with Crippen LogP contribution in [0.4, 0.5) is 16.2 Å². The van der Waals surface area contributed by atoms with Gasteiger partial charge in [0, 0.05) is 31.7 Å². The number of rotatable bonds is 7. The predicted molar refractivity (Wildman–Crippen MR) is 126 cm³/mol. The van der Waals surface area contributed by atoms with Crippen molar-refractivity contribution in [1.82, 2.24) is 4.90 Å². The molecular formula is C23H28ClN3O6. The highest BCUT2D eigenvalue weighted by atomic mass is 35.5. The lowest BCUT2D eigenvalue weighted by Gasteiger charge is -2.36. The Labute approximate surface area is 198 Å². The third-order valence-electron chi connectivity index (χ3n) is 5.28. The molecule has 1 aliphatic heterocycles. The zero-order chi connectivity index (χ0) is 24.0. The molecule has 0 aliphatic carbocycles. The maximum Gasteiger partial charge on any atom is 0.409 e. The molecule has 0 radical (unpaired) electrons. The number of para-hydroxylation sites is 1. The summed E-state index contributed by atoms with van der Waals surface area (Å²) < 4.78 is 21.1. The van der Waals surface area contributed by atoms with Crippen LogP contribution in [0.5, 0.6) is 17.2 Å². The average molecular weight is 478 g/mol. The second kappa shape index (κ2) is 11.0. The van der Waals surface area contributed by atoms with E-state index in [1.54, 1.807) is 42.2 Å². The Balaban J connectivity index is 1.83. The molecule has 0 atom stereocenters. The van der Waals surface area contributed by atoms with Crippen molar-refractivity contribution in [1.29, 1.82) is 0 Å². The number of nitrogens with one attached hydrogen (secondary N) is 1. The Morgan fingerprint density at radius 2 is 1.64 bits per heavy atom. The summed E-state index contributed by atoms with van der Waals surface area (Å²) in [5.41, 5.74) is 1.59. The zero-order valence-corrected chi connectivity index (χ0v) is 19.9. The first-order valence-corrected chi connectivity index (χ1v) is 10.9. The highest BCUT2D eigenvalue weighted by Crippen LogP contribution is 2.39. The van der Waals surface area contributed by atoms with Gasteiger partial charge in [-0.1, -0.05) is 17.7 Å². The molecule has 1 aliphatic rings. The average Bonchev–Trinajstić information content (AvgIpc) is 2.83. The van der Waals surface area contributed by atoms with E-state index in [0.717, 1.165) is 0 Å². The lowest BCUT2D eigenvalue weighted by Crippen LogP contribution is -2.49. The van der Waals surface area contributed by atoms with Gasteiger partial charge in [0.05, 0.1) is 44.3 Å². The summed E-state index contributed by atoms with van der Waals surface area (Å²) in [5.74, 6) is 0.800. The van der Waals surface area contributed by atoms with Crippen LogP contribution in [0.15, 0.2) is 30.3 Å². The Morgan fingerprint density at radius 3 is 2.18 bits per heavy atom. The number of hydrogen-bond donors (Lipinski definition) is 1. The summed E-state index contributed by atoms with van der Waals surface area (Å²) in [6.45, 7) is 4.20. The first kappa shape index (κ1) is 24.3. The van der Waals surface area contributed by atoms with Crippen LogP contribution in [-0.2, 0) is 4.74 Å². The van der Waals surface area contributed by atoms with Gasteiger partial charge < -0.3 is 34.1 Å². The third-order valence-corrected chi connectivity index (χ3v) is 5.59. The van der Waals surface area contributed by atoms with E-state index in [1.807, 2.05) is 4.90 Å². The van der Waals surface area contributed by atoms with E-state index in [-0.39, 0.29) is 12.0 Å². The lowest BCUT2D eigenvalue weighted by molar-refractivity contribution is 0.102. The molecule has 1 saturated heterocycles. The van der Waals surface area contributed by atoms with Crippen molar-refractivity contribution in [3.8, 4) is 17.2 Å². The monoisotopic (exact) mass is 477 g/mol. The summed E-state index contributed by atoms with van der Waals surface area (Å²) >= 11 is 6.52. The van der Waals surface area contributed by atoms with Crippen LogP contribution in [0.3, 0.4) is 0 Å². The van der Waals surface area contributed by atoms with Crippen LogP contribution in [0.25, 0.3) is 0 Å². The summed E-state index contributed by atoms with van der Waals surface area (Å²) in [6.07, 6.45) is -0.327. The van der Waals surface area contributed by atoms with E-state index in [0.29, 0.717) is 72.0 Å². The van der Waals surface area contributed by atoms with E-state index in [1.165, 1.54) is 21.3 Å². The quantitative estimate of drug-likeness (QED) is 0.646. The van der Waals surface area contributed by atoms with Gasteiger partial charge in [-0.05, 0) is 31.2 Å². The van der Waals surface area contributed by atoms with Crippen molar-refractivity contribution in [2.45, 2.75) is 6.92 Å². The van der Waals surface area contributed by atoms with Crippen molar-refractivity contribution < 1.29 is 28.5 Å². The minimum atomic E-state index is -0.358. The molecule has 1 heterocycles. The largest absolute Gasteiger partial charge is 0.493 e. The molecule has 2 amide bonds. The molecule has 0 unspecified atom stereocenters. The van der Waals surface area contributed by atoms with Crippen LogP contribution in [0.2, 0.25) is 5.02 Å². The molecule has 0 saturated carbocycles. The number of carbonyl (C=O) groups excluding carboxylic acids is 2. The Bertz CT molecular complexity index is 983. The van der Waals surface area contributed by atoms with E-state index in [2.05, 4.69) is 5.32 Å². The van der Waals surface area contributed by atoms with Gasteiger partial charge in [0.1, 0.15) is 0 Å². The number of benzene rings is 2. The summed E-state index contributed by atoms with van der Waals surface area (Å²) in [6, 6.07) is 8.49. The number of ether oxygens (including phenoxy) is 4. The molecule has 2 aromatic rings. The molecule has 10 heteroatoms. The molecule has 0 aromatic heterocycles. The van der Waals surface area contributed by atoms with Crippen molar-refractivity contribution in [2.24, 2.45) is 0 Å². The van der Waals surface area contributed by atoms with Gasteiger partial charge >= 0.3 is 6.09 Å². The van der Waals surface area contributed by atoms with Crippen molar-refractivity contribution in [2.75, 3.05) is 64.3 Å². The van der Waals surface area contributed by atoms with Crippen LogP contribution >= 0.6 is 11.6 Å². The van der Waals surface area contributed by atoms with Crippen molar-refractivity contribution in [3.05, 3.63) is 40.9 Å². The molecular weight excluding hydrogens is 450 g/mol. The maximum atomic E-state index is 13.1. The number of methoxy groups -OCH3 is 3. The van der Waals surface area contributed by atoms with Crippen LogP contribution in [-0.4, -0.2) is 71.0 Å². The first-order valence-electron chi connectivity index (χ1n) is 10.5. The molecule has 3 rings (SSSR count). The van der Waals surface area contributed by atoms with E-state index in [9.17, 15) is 9.59 Å². The molecule has 0 bridgehead atoms. The smallest absolute Gasteiger partial charge is 0.409 e. The van der Waals surface area contributed by atoms with Crippen LogP contribution in [0.1, 0.15) is 17.3 Å². The van der Waals surface area contributed by atoms with Gasteiger partial charge in [-0.2, -0.15) is 0 Å². The normalized spacial score (nSPS) is 13.4. The molecule has 33 heavy (non-hydrogen) atoms. The molecule has 2 aromatic carbocycles.